The van der Waals surface area contributed by atoms with Gasteiger partial charge in [-0.1, -0.05) is 18.2 Å². The second-order valence-corrected chi connectivity index (χ2v) is 4.43. The first-order chi connectivity index (χ1) is 7.33. The summed E-state index contributed by atoms with van der Waals surface area (Å²) in [5.74, 6) is 0. The van der Waals surface area contributed by atoms with Gasteiger partial charge >= 0.3 is 0 Å². The highest BCUT2D eigenvalue weighted by Gasteiger charge is 2.43. The zero-order valence-corrected chi connectivity index (χ0v) is 8.46. The second-order valence-electron chi connectivity index (χ2n) is 4.43. The van der Waals surface area contributed by atoms with Crippen molar-refractivity contribution in [1.82, 2.24) is 4.98 Å². The van der Waals surface area contributed by atoms with Gasteiger partial charge in [-0.05, 0) is 30.9 Å². The van der Waals surface area contributed by atoms with E-state index in [-0.39, 0.29) is 5.41 Å². The predicted molar refractivity (Wildman–Crippen MR) is 59.3 cm³/mol. The van der Waals surface area contributed by atoms with Gasteiger partial charge in [-0.15, -0.1) is 0 Å². The van der Waals surface area contributed by atoms with Crippen molar-refractivity contribution in [2.24, 2.45) is 5.41 Å². The lowest BCUT2D eigenvalue weighted by molar-refractivity contribution is 0.668. The topological polar surface area (TPSA) is 39.6 Å². The van der Waals surface area contributed by atoms with Gasteiger partial charge in [0.2, 0.25) is 0 Å². The van der Waals surface area contributed by atoms with Gasteiger partial charge < -0.3 is 4.98 Å². The van der Waals surface area contributed by atoms with Gasteiger partial charge in [-0.2, -0.15) is 5.26 Å². The molecular weight excluding hydrogens is 184 g/mol. The van der Waals surface area contributed by atoms with Crippen LogP contribution in [0.4, 0.5) is 0 Å². The molecule has 0 aliphatic heterocycles. The molecule has 2 aromatic rings. The minimum atomic E-state index is -0.0506. The van der Waals surface area contributed by atoms with E-state index in [1.54, 1.807) is 0 Å². The standard InChI is InChI=1S/C13H12N2/c14-9-13(5-6-13)7-10-8-15-12-4-2-1-3-11(10)12/h1-4,8,15H,5-7H2. The molecule has 1 N–H and O–H groups in total. The van der Waals surface area contributed by atoms with Crippen LogP contribution >= 0.6 is 0 Å². The molecule has 74 valence electrons. The number of aromatic nitrogens is 1. The molecule has 0 bridgehead atoms. The molecule has 0 spiro atoms. The lowest BCUT2D eigenvalue weighted by atomic mass is 9.98. The number of nitriles is 1. The monoisotopic (exact) mass is 196 g/mol. The molecule has 0 amide bonds. The molecule has 1 aliphatic carbocycles. The summed E-state index contributed by atoms with van der Waals surface area (Å²) in [4.78, 5) is 3.25. The summed E-state index contributed by atoms with van der Waals surface area (Å²) in [6.45, 7) is 0. The summed E-state index contributed by atoms with van der Waals surface area (Å²) in [5, 5.41) is 10.3. The fraction of sp³-hybridized carbons (Fsp3) is 0.308. The number of H-pyrrole nitrogens is 1. The van der Waals surface area contributed by atoms with Crippen molar-refractivity contribution in [2.45, 2.75) is 19.3 Å². The molecule has 1 aromatic carbocycles. The van der Waals surface area contributed by atoms with E-state index in [4.69, 9.17) is 5.26 Å². The maximum atomic E-state index is 9.07. The first kappa shape index (κ1) is 8.55. The SMILES string of the molecule is N#CC1(Cc2c[nH]c3ccccc23)CC1. The van der Waals surface area contributed by atoms with Gasteiger partial charge in [0, 0.05) is 17.1 Å². The maximum absolute atomic E-state index is 9.07. The Hall–Kier alpha value is -1.75. The third kappa shape index (κ3) is 1.32. The van der Waals surface area contributed by atoms with Crippen LogP contribution in [0.2, 0.25) is 0 Å². The van der Waals surface area contributed by atoms with Gasteiger partial charge in [0.15, 0.2) is 0 Å². The second kappa shape index (κ2) is 2.87. The molecule has 2 nitrogen and oxygen atoms in total. The highest BCUT2D eigenvalue weighted by atomic mass is 14.7. The van der Waals surface area contributed by atoms with Crippen LogP contribution in [0.5, 0.6) is 0 Å². The quantitative estimate of drug-likeness (QED) is 0.787. The molecule has 2 heteroatoms. The number of nitrogens with one attached hydrogen (secondary N) is 1. The Morgan fingerprint density at radius 2 is 2.13 bits per heavy atom. The third-order valence-electron chi connectivity index (χ3n) is 3.29. The van der Waals surface area contributed by atoms with E-state index >= 15 is 0 Å². The van der Waals surface area contributed by atoms with Crippen molar-refractivity contribution < 1.29 is 0 Å². The Balaban J connectivity index is 2.02. The van der Waals surface area contributed by atoms with E-state index in [1.165, 1.54) is 16.5 Å². The van der Waals surface area contributed by atoms with Crippen LogP contribution in [-0.2, 0) is 6.42 Å². The summed E-state index contributed by atoms with van der Waals surface area (Å²) >= 11 is 0. The summed E-state index contributed by atoms with van der Waals surface area (Å²) in [6, 6.07) is 10.7. The summed E-state index contributed by atoms with van der Waals surface area (Å²) in [6.07, 6.45) is 5.06. The van der Waals surface area contributed by atoms with E-state index in [0.29, 0.717) is 0 Å². The number of hydrogen-bond donors (Lipinski definition) is 1. The zero-order valence-electron chi connectivity index (χ0n) is 8.46. The maximum Gasteiger partial charge on any atom is 0.0693 e. The van der Waals surface area contributed by atoms with Crippen LogP contribution in [-0.4, -0.2) is 4.98 Å². The molecule has 0 unspecified atom stereocenters. The highest BCUT2D eigenvalue weighted by Crippen LogP contribution is 2.48. The van der Waals surface area contributed by atoms with Crippen LogP contribution in [0.25, 0.3) is 10.9 Å². The number of benzene rings is 1. The van der Waals surface area contributed by atoms with Crippen LogP contribution in [0.15, 0.2) is 30.5 Å². The Morgan fingerprint density at radius 1 is 1.33 bits per heavy atom. The number of para-hydroxylation sites is 1. The number of rotatable bonds is 2. The van der Waals surface area contributed by atoms with Crippen LogP contribution in [0.1, 0.15) is 18.4 Å². The molecule has 0 saturated heterocycles. The number of nitrogens with zero attached hydrogens (tertiary/aromatic N) is 1. The van der Waals surface area contributed by atoms with Crippen molar-refractivity contribution in [3.8, 4) is 6.07 Å². The lowest BCUT2D eigenvalue weighted by Gasteiger charge is -2.03. The molecule has 0 atom stereocenters. The fourth-order valence-electron chi connectivity index (χ4n) is 2.12. The van der Waals surface area contributed by atoms with Gasteiger partial charge in [0.1, 0.15) is 0 Å². The van der Waals surface area contributed by atoms with Crippen molar-refractivity contribution >= 4 is 10.9 Å². The molecule has 1 aromatic heterocycles. The van der Waals surface area contributed by atoms with Crippen molar-refractivity contribution in [2.75, 3.05) is 0 Å². The molecular formula is C13H12N2. The van der Waals surface area contributed by atoms with Crippen molar-refractivity contribution in [3.05, 3.63) is 36.0 Å². The molecule has 1 aliphatic rings. The predicted octanol–water partition coefficient (Wildman–Crippen LogP) is 3.01. The van der Waals surface area contributed by atoms with Crippen molar-refractivity contribution in [3.63, 3.8) is 0 Å². The van der Waals surface area contributed by atoms with Gasteiger partial charge in [0.25, 0.3) is 0 Å². The van der Waals surface area contributed by atoms with Crippen LogP contribution in [0, 0.1) is 16.7 Å². The van der Waals surface area contributed by atoms with Crippen LogP contribution in [0.3, 0.4) is 0 Å². The van der Waals surface area contributed by atoms with Gasteiger partial charge in [0.05, 0.1) is 11.5 Å². The number of fused-ring (bicyclic) bond motifs is 1. The smallest absolute Gasteiger partial charge is 0.0693 e. The number of hydrogen-bond acceptors (Lipinski definition) is 1. The summed E-state index contributed by atoms with van der Waals surface area (Å²) < 4.78 is 0. The molecule has 15 heavy (non-hydrogen) atoms. The number of aromatic amines is 1. The van der Waals surface area contributed by atoms with E-state index in [9.17, 15) is 0 Å². The summed E-state index contributed by atoms with van der Waals surface area (Å²) in [7, 11) is 0. The average molecular weight is 196 g/mol. The molecule has 1 heterocycles. The first-order valence-electron chi connectivity index (χ1n) is 5.29. The average Bonchev–Trinajstić information content (AvgIpc) is 2.95. The van der Waals surface area contributed by atoms with E-state index in [0.717, 1.165) is 19.3 Å². The minimum absolute atomic E-state index is 0.0506. The molecule has 1 saturated carbocycles. The Bertz CT molecular complexity index is 541. The Kier molecular flexibility index (Phi) is 1.63. The Morgan fingerprint density at radius 3 is 2.87 bits per heavy atom. The van der Waals surface area contributed by atoms with Crippen molar-refractivity contribution in [1.29, 1.82) is 5.26 Å². The molecule has 0 radical (unpaired) electrons. The van der Waals surface area contributed by atoms with E-state index in [1.807, 2.05) is 18.3 Å². The van der Waals surface area contributed by atoms with E-state index in [2.05, 4.69) is 23.2 Å². The van der Waals surface area contributed by atoms with Crippen LogP contribution < -0.4 is 0 Å². The van der Waals surface area contributed by atoms with Gasteiger partial charge in [-0.25, -0.2) is 0 Å². The first-order valence-corrected chi connectivity index (χ1v) is 5.29. The zero-order chi connectivity index (χ0) is 10.3. The van der Waals surface area contributed by atoms with E-state index < -0.39 is 0 Å². The lowest BCUT2D eigenvalue weighted by Crippen LogP contribution is -2.00. The third-order valence-corrected chi connectivity index (χ3v) is 3.29. The highest BCUT2D eigenvalue weighted by molar-refractivity contribution is 5.83. The molecule has 1 fully saturated rings. The summed E-state index contributed by atoms with van der Waals surface area (Å²) in [5.41, 5.74) is 2.40. The normalized spacial score (nSPS) is 17.5. The largest absolute Gasteiger partial charge is 0.361 e. The van der Waals surface area contributed by atoms with Gasteiger partial charge in [-0.3, -0.25) is 0 Å². The minimum Gasteiger partial charge on any atom is -0.361 e. The fourth-order valence-corrected chi connectivity index (χ4v) is 2.12. The molecule has 3 rings (SSSR count). The Labute approximate surface area is 88.5 Å².